The highest BCUT2D eigenvalue weighted by Gasteiger charge is 2.25. The van der Waals surface area contributed by atoms with E-state index in [0.29, 0.717) is 18.0 Å². The van der Waals surface area contributed by atoms with Gasteiger partial charge in [0.25, 0.3) is 0 Å². The quantitative estimate of drug-likeness (QED) is 0.776. The van der Waals surface area contributed by atoms with Gasteiger partial charge in [-0.15, -0.1) is 12.4 Å². The number of anilines is 1. The molecule has 2 aromatic rings. The van der Waals surface area contributed by atoms with Gasteiger partial charge in [0.2, 0.25) is 10.0 Å². The topological polar surface area (TPSA) is 81.4 Å². The van der Waals surface area contributed by atoms with Crippen molar-refractivity contribution in [2.24, 2.45) is 0 Å². The Morgan fingerprint density at radius 2 is 1.92 bits per heavy atom. The highest BCUT2D eigenvalue weighted by molar-refractivity contribution is 7.89. The van der Waals surface area contributed by atoms with Gasteiger partial charge in [0, 0.05) is 11.7 Å². The fourth-order valence-electron chi connectivity index (χ4n) is 3.09. The standard InChI is InChI=1S/C18H22N2O3S.ClH/c1-2-23-15-7-9-16(10-8-15)24(21,22)20-18-5-3-4-13-12-14(19)6-11-17(13)18;/h6-12,18,20H,2-5,19H2,1H3;1H. The molecule has 7 heteroatoms. The van der Waals surface area contributed by atoms with Crippen LogP contribution in [0.3, 0.4) is 0 Å². The van der Waals surface area contributed by atoms with Crippen LogP contribution in [0.1, 0.15) is 36.9 Å². The number of nitrogens with two attached hydrogens (primary N) is 1. The van der Waals surface area contributed by atoms with Gasteiger partial charge in [-0.3, -0.25) is 0 Å². The molecule has 1 aliphatic carbocycles. The molecule has 0 aromatic heterocycles. The van der Waals surface area contributed by atoms with Crippen LogP contribution in [-0.2, 0) is 16.4 Å². The van der Waals surface area contributed by atoms with E-state index in [2.05, 4.69) is 4.72 Å². The molecule has 0 bridgehead atoms. The van der Waals surface area contributed by atoms with Crippen LogP contribution in [-0.4, -0.2) is 15.0 Å². The van der Waals surface area contributed by atoms with Gasteiger partial charge >= 0.3 is 0 Å². The van der Waals surface area contributed by atoms with E-state index in [1.807, 2.05) is 25.1 Å². The number of benzene rings is 2. The van der Waals surface area contributed by atoms with Crippen molar-refractivity contribution in [1.29, 1.82) is 0 Å². The second-order valence-corrected chi connectivity index (χ2v) is 7.64. The van der Waals surface area contributed by atoms with Crippen molar-refractivity contribution in [2.45, 2.75) is 37.1 Å². The fraction of sp³-hybridized carbons (Fsp3) is 0.333. The normalized spacial score (nSPS) is 16.6. The number of halogens is 1. The fourth-order valence-corrected chi connectivity index (χ4v) is 4.34. The first-order valence-electron chi connectivity index (χ1n) is 8.13. The van der Waals surface area contributed by atoms with Crippen LogP contribution in [0.2, 0.25) is 0 Å². The Morgan fingerprint density at radius 3 is 2.60 bits per heavy atom. The molecule has 136 valence electrons. The molecule has 0 saturated heterocycles. The van der Waals surface area contributed by atoms with Gasteiger partial charge in [-0.2, -0.15) is 0 Å². The first-order valence-corrected chi connectivity index (χ1v) is 9.61. The molecule has 2 aromatic carbocycles. The summed E-state index contributed by atoms with van der Waals surface area (Å²) in [4.78, 5) is 0.244. The first kappa shape index (κ1) is 19.6. The summed E-state index contributed by atoms with van der Waals surface area (Å²) in [5, 5.41) is 0. The summed E-state index contributed by atoms with van der Waals surface area (Å²) < 4.78 is 33.5. The van der Waals surface area contributed by atoms with E-state index in [0.717, 1.165) is 30.4 Å². The minimum absolute atomic E-state index is 0. The van der Waals surface area contributed by atoms with Crippen LogP contribution in [0.15, 0.2) is 47.4 Å². The lowest BCUT2D eigenvalue weighted by atomic mass is 9.88. The molecule has 1 unspecified atom stereocenters. The Kier molecular flexibility index (Phi) is 6.32. The molecular formula is C18H23ClN2O3S. The molecule has 0 aliphatic heterocycles. The lowest BCUT2D eigenvalue weighted by Gasteiger charge is -2.26. The summed E-state index contributed by atoms with van der Waals surface area (Å²) in [6, 6.07) is 12.0. The number of rotatable bonds is 5. The van der Waals surface area contributed by atoms with E-state index < -0.39 is 10.0 Å². The predicted molar refractivity (Wildman–Crippen MR) is 102 cm³/mol. The zero-order valence-corrected chi connectivity index (χ0v) is 15.7. The Labute approximate surface area is 155 Å². The van der Waals surface area contributed by atoms with Crippen LogP contribution >= 0.6 is 12.4 Å². The van der Waals surface area contributed by atoms with Crippen LogP contribution in [0.5, 0.6) is 5.75 Å². The van der Waals surface area contributed by atoms with E-state index in [-0.39, 0.29) is 23.3 Å². The van der Waals surface area contributed by atoms with Gasteiger partial charge in [-0.25, -0.2) is 13.1 Å². The molecule has 0 fully saturated rings. The second-order valence-electron chi connectivity index (χ2n) is 5.93. The Morgan fingerprint density at radius 1 is 1.20 bits per heavy atom. The second kappa shape index (κ2) is 8.08. The molecular weight excluding hydrogens is 360 g/mol. The Balaban J connectivity index is 0.00000225. The summed E-state index contributed by atoms with van der Waals surface area (Å²) in [6.07, 6.45) is 2.65. The lowest BCUT2D eigenvalue weighted by molar-refractivity contribution is 0.340. The monoisotopic (exact) mass is 382 g/mol. The maximum atomic E-state index is 12.7. The van der Waals surface area contributed by atoms with Crippen molar-refractivity contribution in [3.05, 3.63) is 53.6 Å². The Hall–Kier alpha value is -1.76. The molecule has 1 atom stereocenters. The number of ether oxygens (including phenoxy) is 1. The van der Waals surface area contributed by atoms with Gasteiger partial charge in [-0.05, 0) is 73.7 Å². The summed E-state index contributed by atoms with van der Waals surface area (Å²) in [7, 11) is -3.58. The zero-order valence-electron chi connectivity index (χ0n) is 14.1. The molecule has 1 aliphatic rings. The number of aryl methyl sites for hydroxylation is 1. The summed E-state index contributed by atoms with van der Waals surface area (Å²) in [5.74, 6) is 0.662. The van der Waals surface area contributed by atoms with E-state index in [1.165, 1.54) is 0 Å². The van der Waals surface area contributed by atoms with Crippen molar-refractivity contribution in [2.75, 3.05) is 12.3 Å². The van der Waals surface area contributed by atoms with Crippen molar-refractivity contribution >= 4 is 28.1 Å². The smallest absolute Gasteiger partial charge is 0.241 e. The molecule has 3 rings (SSSR count). The van der Waals surface area contributed by atoms with Crippen molar-refractivity contribution in [1.82, 2.24) is 4.72 Å². The minimum Gasteiger partial charge on any atom is -0.494 e. The SMILES string of the molecule is CCOc1ccc(S(=O)(=O)NC2CCCc3cc(N)ccc32)cc1.Cl. The van der Waals surface area contributed by atoms with Crippen LogP contribution in [0.4, 0.5) is 5.69 Å². The molecule has 0 spiro atoms. The number of nitrogens with one attached hydrogen (secondary N) is 1. The van der Waals surface area contributed by atoms with E-state index in [9.17, 15) is 8.42 Å². The number of nitrogen functional groups attached to an aromatic ring is 1. The first-order chi connectivity index (χ1) is 11.5. The van der Waals surface area contributed by atoms with Gasteiger partial charge in [0.1, 0.15) is 5.75 Å². The third-order valence-electron chi connectivity index (χ3n) is 4.22. The molecule has 0 radical (unpaired) electrons. The lowest BCUT2D eigenvalue weighted by Crippen LogP contribution is -2.31. The zero-order chi connectivity index (χ0) is 17.2. The third-order valence-corrected chi connectivity index (χ3v) is 5.71. The van der Waals surface area contributed by atoms with Crippen molar-refractivity contribution in [3.63, 3.8) is 0 Å². The van der Waals surface area contributed by atoms with Gasteiger partial charge in [0.05, 0.1) is 11.5 Å². The van der Waals surface area contributed by atoms with Crippen LogP contribution in [0.25, 0.3) is 0 Å². The van der Waals surface area contributed by atoms with E-state index >= 15 is 0 Å². The van der Waals surface area contributed by atoms with Crippen LogP contribution in [0, 0.1) is 0 Å². The number of fused-ring (bicyclic) bond motifs is 1. The highest BCUT2D eigenvalue weighted by Crippen LogP contribution is 2.32. The van der Waals surface area contributed by atoms with Gasteiger partial charge < -0.3 is 10.5 Å². The summed E-state index contributed by atoms with van der Waals surface area (Å²) >= 11 is 0. The number of sulfonamides is 1. The van der Waals surface area contributed by atoms with E-state index in [1.54, 1.807) is 24.3 Å². The molecule has 25 heavy (non-hydrogen) atoms. The third kappa shape index (κ3) is 4.45. The average Bonchev–Trinajstić information content (AvgIpc) is 2.55. The van der Waals surface area contributed by atoms with Gasteiger partial charge in [0.15, 0.2) is 0 Å². The molecule has 0 saturated carbocycles. The highest BCUT2D eigenvalue weighted by atomic mass is 35.5. The molecule has 0 heterocycles. The molecule has 0 amide bonds. The average molecular weight is 383 g/mol. The minimum atomic E-state index is -3.58. The molecule has 3 N–H and O–H groups in total. The number of hydrogen-bond donors (Lipinski definition) is 2. The van der Waals surface area contributed by atoms with Gasteiger partial charge in [-0.1, -0.05) is 6.07 Å². The maximum absolute atomic E-state index is 12.7. The summed E-state index contributed by atoms with van der Waals surface area (Å²) in [5.41, 5.74) is 8.69. The molecule has 5 nitrogen and oxygen atoms in total. The van der Waals surface area contributed by atoms with E-state index in [4.69, 9.17) is 10.5 Å². The Bertz CT molecular complexity index is 823. The van der Waals surface area contributed by atoms with Crippen LogP contribution < -0.4 is 15.2 Å². The van der Waals surface area contributed by atoms with Crippen molar-refractivity contribution < 1.29 is 13.2 Å². The maximum Gasteiger partial charge on any atom is 0.241 e. The summed E-state index contributed by atoms with van der Waals surface area (Å²) in [6.45, 7) is 2.44. The van der Waals surface area contributed by atoms with Crippen molar-refractivity contribution in [3.8, 4) is 5.75 Å². The number of hydrogen-bond acceptors (Lipinski definition) is 4. The largest absolute Gasteiger partial charge is 0.494 e. The predicted octanol–water partition coefficient (Wildman–Crippen LogP) is 3.45.